The van der Waals surface area contributed by atoms with Gasteiger partial charge in [0.2, 0.25) is 0 Å². The van der Waals surface area contributed by atoms with E-state index in [4.69, 9.17) is 10.5 Å². The van der Waals surface area contributed by atoms with E-state index in [1.54, 1.807) is 17.5 Å². The van der Waals surface area contributed by atoms with Crippen LogP contribution in [-0.4, -0.2) is 28.0 Å². The van der Waals surface area contributed by atoms with Crippen molar-refractivity contribution in [3.05, 3.63) is 46.2 Å². The zero-order valence-corrected chi connectivity index (χ0v) is 12.7. The van der Waals surface area contributed by atoms with Gasteiger partial charge in [0, 0.05) is 35.3 Å². The van der Waals surface area contributed by atoms with Crippen LogP contribution in [0.2, 0.25) is 0 Å². The number of H-pyrrole nitrogens is 1. The molecule has 0 saturated carbocycles. The molecule has 6 nitrogen and oxygen atoms in total. The SMILES string of the molecule is COC(=O)c1cnc(N)c2[nH]c(C/C=C/c3nccs3)cc12. The van der Waals surface area contributed by atoms with Crippen LogP contribution in [0.5, 0.6) is 0 Å². The van der Waals surface area contributed by atoms with Crippen LogP contribution in [-0.2, 0) is 11.2 Å². The molecule has 0 amide bonds. The summed E-state index contributed by atoms with van der Waals surface area (Å²) in [5.41, 5.74) is 7.86. The van der Waals surface area contributed by atoms with Gasteiger partial charge in [0.25, 0.3) is 0 Å². The van der Waals surface area contributed by atoms with E-state index in [9.17, 15) is 4.79 Å². The zero-order valence-electron chi connectivity index (χ0n) is 11.9. The second-order valence-corrected chi connectivity index (χ2v) is 5.53. The van der Waals surface area contributed by atoms with E-state index in [-0.39, 0.29) is 0 Å². The topological polar surface area (TPSA) is 93.9 Å². The van der Waals surface area contributed by atoms with Crippen molar-refractivity contribution in [1.82, 2.24) is 15.0 Å². The van der Waals surface area contributed by atoms with E-state index in [0.717, 1.165) is 16.1 Å². The molecule has 0 fully saturated rings. The minimum atomic E-state index is -0.429. The number of allylic oxidation sites excluding steroid dienone is 1. The number of nitrogen functional groups attached to an aromatic ring is 1. The maximum Gasteiger partial charge on any atom is 0.340 e. The number of carbonyl (C=O) groups is 1. The molecule has 3 heterocycles. The Kier molecular flexibility index (Phi) is 3.88. The first kappa shape index (κ1) is 14.3. The number of esters is 1. The Morgan fingerprint density at radius 3 is 3.09 bits per heavy atom. The molecule has 3 aromatic heterocycles. The van der Waals surface area contributed by atoms with Gasteiger partial charge in [0.05, 0.1) is 18.2 Å². The molecule has 3 rings (SSSR count). The Balaban J connectivity index is 1.92. The second kappa shape index (κ2) is 5.98. The number of nitrogens with two attached hydrogens (primary N) is 1. The van der Waals surface area contributed by atoms with Crippen LogP contribution < -0.4 is 5.73 Å². The monoisotopic (exact) mass is 314 g/mol. The molecule has 0 aromatic carbocycles. The van der Waals surface area contributed by atoms with Gasteiger partial charge < -0.3 is 15.5 Å². The number of carbonyl (C=O) groups excluding carboxylic acids is 1. The van der Waals surface area contributed by atoms with Crippen LogP contribution in [0.4, 0.5) is 5.82 Å². The maximum absolute atomic E-state index is 11.8. The van der Waals surface area contributed by atoms with Gasteiger partial charge in [-0.2, -0.15) is 0 Å². The lowest BCUT2D eigenvalue weighted by molar-refractivity contribution is 0.0602. The Morgan fingerprint density at radius 1 is 1.50 bits per heavy atom. The molecule has 22 heavy (non-hydrogen) atoms. The predicted octanol–water partition coefficient (Wildman–Crippen LogP) is 2.64. The van der Waals surface area contributed by atoms with E-state index < -0.39 is 5.97 Å². The standard InChI is InChI=1S/C15H14N4O2S/c1-21-15(20)11-8-18-14(16)13-10(11)7-9(19-13)3-2-4-12-17-5-6-22-12/h2,4-8,19H,3H2,1H3,(H2,16,18)/b4-2+. The molecule has 0 radical (unpaired) electrons. The largest absolute Gasteiger partial charge is 0.465 e. The fraction of sp³-hybridized carbons (Fsp3) is 0.133. The number of rotatable bonds is 4. The number of nitrogens with one attached hydrogen (secondary N) is 1. The Hall–Kier alpha value is -2.67. The highest BCUT2D eigenvalue weighted by atomic mass is 32.1. The van der Waals surface area contributed by atoms with Crippen LogP contribution in [0.1, 0.15) is 21.1 Å². The van der Waals surface area contributed by atoms with Gasteiger partial charge in [0.15, 0.2) is 0 Å². The Bertz CT molecular complexity index is 837. The number of aromatic nitrogens is 3. The first-order valence-corrected chi connectivity index (χ1v) is 7.47. The van der Waals surface area contributed by atoms with Crippen molar-refractivity contribution in [1.29, 1.82) is 0 Å². The summed E-state index contributed by atoms with van der Waals surface area (Å²) in [5, 5.41) is 3.60. The number of aromatic amines is 1. The van der Waals surface area contributed by atoms with Crippen molar-refractivity contribution >= 4 is 40.1 Å². The molecule has 3 N–H and O–H groups in total. The van der Waals surface area contributed by atoms with Crippen molar-refractivity contribution in [2.75, 3.05) is 12.8 Å². The first-order valence-electron chi connectivity index (χ1n) is 6.59. The highest BCUT2D eigenvalue weighted by molar-refractivity contribution is 7.10. The molecule has 0 aliphatic heterocycles. The third-order valence-corrected chi connectivity index (χ3v) is 3.95. The van der Waals surface area contributed by atoms with Crippen molar-refractivity contribution in [3.8, 4) is 0 Å². The summed E-state index contributed by atoms with van der Waals surface area (Å²) < 4.78 is 4.77. The molecule has 0 saturated heterocycles. The number of nitrogens with zero attached hydrogens (tertiary/aromatic N) is 2. The number of thiazole rings is 1. The summed E-state index contributed by atoms with van der Waals surface area (Å²) in [6.45, 7) is 0. The molecular weight excluding hydrogens is 300 g/mol. The predicted molar refractivity (Wildman–Crippen MR) is 86.7 cm³/mol. The van der Waals surface area contributed by atoms with Crippen LogP contribution in [0.3, 0.4) is 0 Å². The third kappa shape index (κ3) is 2.71. The average Bonchev–Trinajstić information content (AvgIpc) is 3.17. The van der Waals surface area contributed by atoms with Gasteiger partial charge in [0.1, 0.15) is 10.8 Å². The highest BCUT2D eigenvalue weighted by Gasteiger charge is 2.15. The number of fused-ring (bicyclic) bond motifs is 1. The average molecular weight is 314 g/mol. The lowest BCUT2D eigenvalue weighted by Crippen LogP contribution is -2.03. The fourth-order valence-electron chi connectivity index (χ4n) is 2.18. The molecule has 0 spiro atoms. The van der Waals surface area contributed by atoms with Crippen molar-refractivity contribution < 1.29 is 9.53 Å². The number of anilines is 1. The normalized spacial score (nSPS) is 11.3. The molecule has 0 atom stereocenters. The van der Waals surface area contributed by atoms with Crippen molar-refractivity contribution in [3.63, 3.8) is 0 Å². The second-order valence-electron chi connectivity index (χ2n) is 4.61. The van der Waals surface area contributed by atoms with Crippen molar-refractivity contribution in [2.45, 2.75) is 6.42 Å². The lowest BCUT2D eigenvalue weighted by Gasteiger charge is -2.01. The van der Waals surface area contributed by atoms with Gasteiger partial charge in [-0.15, -0.1) is 11.3 Å². The van der Waals surface area contributed by atoms with Gasteiger partial charge >= 0.3 is 5.97 Å². The van der Waals surface area contributed by atoms with Crippen LogP contribution in [0.25, 0.3) is 17.0 Å². The number of hydrogen-bond donors (Lipinski definition) is 2. The smallest absolute Gasteiger partial charge is 0.340 e. The van der Waals surface area contributed by atoms with Gasteiger partial charge in [-0.05, 0) is 12.1 Å². The number of methoxy groups -OCH3 is 1. The van der Waals surface area contributed by atoms with E-state index in [2.05, 4.69) is 15.0 Å². The van der Waals surface area contributed by atoms with Crippen LogP contribution in [0, 0.1) is 0 Å². The first-order chi connectivity index (χ1) is 10.7. The fourth-order valence-corrected chi connectivity index (χ4v) is 2.74. The summed E-state index contributed by atoms with van der Waals surface area (Å²) in [6, 6.07) is 1.89. The van der Waals surface area contributed by atoms with Crippen LogP contribution in [0.15, 0.2) is 29.9 Å². The molecule has 0 aliphatic carbocycles. The van der Waals surface area contributed by atoms with Crippen LogP contribution >= 0.6 is 11.3 Å². The maximum atomic E-state index is 11.8. The number of ether oxygens (including phenoxy) is 1. The minimum absolute atomic E-state index is 0.359. The number of pyridine rings is 1. The summed E-state index contributed by atoms with van der Waals surface area (Å²) in [4.78, 5) is 23.2. The van der Waals surface area contributed by atoms with Gasteiger partial charge in [-0.1, -0.05) is 6.08 Å². The van der Waals surface area contributed by atoms with Gasteiger partial charge in [-0.25, -0.2) is 14.8 Å². The Morgan fingerprint density at radius 2 is 2.36 bits per heavy atom. The molecule has 7 heteroatoms. The molecular formula is C15H14N4O2S. The quantitative estimate of drug-likeness (QED) is 0.722. The lowest BCUT2D eigenvalue weighted by atomic mass is 10.1. The molecule has 112 valence electrons. The van der Waals surface area contributed by atoms with Gasteiger partial charge in [-0.3, -0.25) is 0 Å². The molecule has 3 aromatic rings. The Labute approximate surface area is 130 Å². The minimum Gasteiger partial charge on any atom is -0.465 e. The summed E-state index contributed by atoms with van der Waals surface area (Å²) in [6.07, 6.45) is 7.84. The molecule has 0 aliphatic rings. The zero-order chi connectivity index (χ0) is 15.5. The summed E-state index contributed by atoms with van der Waals surface area (Å²) in [7, 11) is 1.34. The highest BCUT2D eigenvalue weighted by Crippen LogP contribution is 2.24. The van der Waals surface area contributed by atoms with E-state index in [1.807, 2.05) is 23.6 Å². The van der Waals surface area contributed by atoms with Crippen molar-refractivity contribution in [2.24, 2.45) is 0 Å². The van der Waals surface area contributed by atoms with E-state index >= 15 is 0 Å². The molecule has 0 bridgehead atoms. The summed E-state index contributed by atoms with van der Waals surface area (Å²) in [5.74, 6) is -0.0702. The third-order valence-electron chi connectivity index (χ3n) is 3.21. The van der Waals surface area contributed by atoms with E-state index in [1.165, 1.54) is 13.3 Å². The molecule has 0 unspecified atom stereocenters. The van der Waals surface area contributed by atoms with E-state index in [0.29, 0.717) is 23.3 Å². The summed E-state index contributed by atoms with van der Waals surface area (Å²) >= 11 is 1.58. The number of hydrogen-bond acceptors (Lipinski definition) is 6.